The smallest absolute Gasteiger partial charge is 0.220 e. The van der Waals surface area contributed by atoms with E-state index in [1.165, 1.54) is 0 Å². The Labute approximate surface area is 104 Å². The molecule has 0 aromatic rings. The van der Waals surface area contributed by atoms with E-state index < -0.39 is 0 Å². The van der Waals surface area contributed by atoms with E-state index in [9.17, 15) is 4.79 Å². The topological polar surface area (TPSA) is 50.4 Å². The zero-order chi connectivity index (χ0) is 12.8. The predicted octanol–water partition coefficient (Wildman–Crippen LogP) is 1.30. The first kappa shape index (κ1) is 14.5. The highest BCUT2D eigenvalue weighted by molar-refractivity contribution is 5.76. The minimum atomic E-state index is 0.141. The molecule has 0 saturated carbocycles. The molecule has 0 radical (unpaired) electrons. The summed E-state index contributed by atoms with van der Waals surface area (Å²) in [5.41, 5.74) is 0. The van der Waals surface area contributed by atoms with E-state index in [1.807, 2.05) is 6.92 Å². The van der Waals surface area contributed by atoms with Crippen LogP contribution < -0.4 is 10.6 Å². The molecule has 1 heterocycles. The van der Waals surface area contributed by atoms with Crippen molar-refractivity contribution >= 4 is 5.91 Å². The zero-order valence-electron chi connectivity index (χ0n) is 11.5. The molecule has 4 nitrogen and oxygen atoms in total. The van der Waals surface area contributed by atoms with Gasteiger partial charge in [-0.1, -0.05) is 6.92 Å². The molecule has 1 aliphatic rings. The number of ether oxygens (including phenoxy) is 1. The van der Waals surface area contributed by atoms with Crippen molar-refractivity contribution in [1.82, 2.24) is 10.6 Å². The Bertz CT molecular complexity index is 246. The second-order valence-electron chi connectivity index (χ2n) is 5.37. The van der Waals surface area contributed by atoms with Gasteiger partial charge in [-0.15, -0.1) is 0 Å². The Kier molecular flexibility index (Phi) is 5.92. The van der Waals surface area contributed by atoms with Crippen LogP contribution in [0.25, 0.3) is 0 Å². The molecule has 0 bridgehead atoms. The van der Waals surface area contributed by atoms with Crippen molar-refractivity contribution in [2.45, 2.75) is 58.2 Å². The van der Waals surface area contributed by atoms with Gasteiger partial charge >= 0.3 is 0 Å². The van der Waals surface area contributed by atoms with Crippen LogP contribution in [0.4, 0.5) is 0 Å². The van der Waals surface area contributed by atoms with Gasteiger partial charge in [0, 0.05) is 38.3 Å². The van der Waals surface area contributed by atoms with E-state index >= 15 is 0 Å². The summed E-state index contributed by atoms with van der Waals surface area (Å²) in [5.74, 6) is 0.425. The lowest BCUT2D eigenvalue weighted by molar-refractivity contribution is -0.123. The fourth-order valence-electron chi connectivity index (χ4n) is 2.45. The minimum Gasteiger partial charge on any atom is -0.384 e. The molecule has 1 saturated heterocycles. The standard InChI is InChI=1S/C13H26N2O2/c1-9(8-17-4)7-13(16)15-12-6-5-10(2)14-11(12)3/h9-12,14H,5-8H2,1-4H3,(H,15,16). The number of hydrogen-bond donors (Lipinski definition) is 2. The fraction of sp³-hybridized carbons (Fsp3) is 0.923. The summed E-state index contributed by atoms with van der Waals surface area (Å²) < 4.78 is 5.04. The van der Waals surface area contributed by atoms with Crippen LogP contribution in [0.2, 0.25) is 0 Å². The van der Waals surface area contributed by atoms with Crippen LogP contribution in [-0.2, 0) is 9.53 Å². The summed E-state index contributed by atoms with van der Waals surface area (Å²) >= 11 is 0. The first-order valence-corrected chi connectivity index (χ1v) is 6.57. The predicted molar refractivity (Wildman–Crippen MR) is 68.9 cm³/mol. The van der Waals surface area contributed by atoms with Crippen LogP contribution in [0, 0.1) is 5.92 Å². The second kappa shape index (κ2) is 6.97. The maximum Gasteiger partial charge on any atom is 0.220 e. The zero-order valence-corrected chi connectivity index (χ0v) is 11.5. The van der Waals surface area contributed by atoms with Crippen LogP contribution in [0.3, 0.4) is 0 Å². The fourth-order valence-corrected chi connectivity index (χ4v) is 2.45. The third-order valence-corrected chi connectivity index (χ3v) is 3.39. The molecule has 0 aromatic carbocycles. The number of rotatable bonds is 5. The van der Waals surface area contributed by atoms with Gasteiger partial charge < -0.3 is 15.4 Å². The van der Waals surface area contributed by atoms with Crippen LogP contribution in [0.1, 0.15) is 40.0 Å². The Morgan fingerprint density at radius 1 is 1.47 bits per heavy atom. The summed E-state index contributed by atoms with van der Waals surface area (Å²) in [4.78, 5) is 11.8. The average Bonchev–Trinajstić information content (AvgIpc) is 2.22. The normalized spacial score (nSPS) is 30.9. The minimum absolute atomic E-state index is 0.141. The summed E-state index contributed by atoms with van der Waals surface area (Å²) in [6.45, 7) is 7.00. The van der Waals surface area contributed by atoms with E-state index in [0.717, 1.165) is 12.8 Å². The maximum atomic E-state index is 11.8. The molecule has 4 heteroatoms. The highest BCUT2D eigenvalue weighted by atomic mass is 16.5. The number of piperidine rings is 1. The molecular formula is C13H26N2O2. The number of methoxy groups -OCH3 is 1. The first-order valence-electron chi connectivity index (χ1n) is 6.57. The lowest BCUT2D eigenvalue weighted by Crippen LogP contribution is -2.54. The van der Waals surface area contributed by atoms with Gasteiger partial charge in [-0.2, -0.15) is 0 Å². The molecule has 1 fully saturated rings. The lowest BCUT2D eigenvalue weighted by Gasteiger charge is -2.34. The highest BCUT2D eigenvalue weighted by Gasteiger charge is 2.25. The molecule has 17 heavy (non-hydrogen) atoms. The van der Waals surface area contributed by atoms with Gasteiger partial charge in [0.15, 0.2) is 0 Å². The van der Waals surface area contributed by atoms with Crippen molar-refractivity contribution in [2.24, 2.45) is 5.92 Å². The Morgan fingerprint density at radius 2 is 2.18 bits per heavy atom. The molecular weight excluding hydrogens is 216 g/mol. The quantitative estimate of drug-likeness (QED) is 0.764. The van der Waals surface area contributed by atoms with E-state index in [1.54, 1.807) is 7.11 Å². The van der Waals surface area contributed by atoms with E-state index in [4.69, 9.17) is 4.74 Å². The molecule has 1 amide bonds. The Hall–Kier alpha value is -0.610. The number of nitrogens with one attached hydrogen (secondary N) is 2. The van der Waals surface area contributed by atoms with Crippen molar-refractivity contribution in [3.63, 3.8) is 0 Å². The summed E-state index contributed by atoms with van der Waals surface area (Å²) in [6, 6.07) is 1.19. The first-order chi connectivity index (χ1) is 8.02. The van der Waals surface area contributed by atoms with Gasteiger partial charge in [0.2, 0.25) is 5.91 Å². The number of carbonyl (C=O) groups excluding carboxylic acids is 1. The van der Waals surface area contributed by atoms with Crippen LogP contribution in [-0.4, -0.2) is 37.7 Å². The van der Waals surface area contributed by atoms with Gasteiger partial charge in [-0.05, 0) is 32.6 Å². The highest BCUT2D eigenvalue weighted by Crippen LogP contribution is 2.13. The van der Waals surface area contributed by atoms with Crippen molar-refractivity contribution in [2.75, 3.05) is 13.7 Å². The van der Waals surface area contributed by atoms with Crippen molar-refractivity contribution in [1.29, 1.82) is 0 Å². The van der Waals surface area contributed by atoms with Crippen LogP contribution in [0.5, 0.6) is 0 Å². The van der Waals surface area contributed by atoms with Crippen molar-refractivity contribution in [3.05, 3.63) is 0 Å². The summed E-state index contributed by atoms with van der Waals surface area (Å²) in [5, 5.41) is 6.60. The summed E-state index contributed by atoms with van der Waals surface area (Å²) in [7, 11) is 1.67. The molecule has 0 aromatic heterocycles. The number of carbonyl (C=O) groups is 1. The van der Waals surface area contributed by atoms with Gasteiger partial charge in [0.05, 0.1) is 0 Å². The van der Waals surface area contributed by atoms with Gasteiger partial charge in [0.25, 0.3) is 0 Å². The monoisotopic (exact) mass is 242 g/mol. The molecule has 1 aliphatic heterocycles. The largest absolute Gasteiger partial charge is 0.384 e. The molecule has 4 atom stereocenters. The van der Waals surface area contributed by atoms with Crippen LogP contribution in [0.15, 0.2) is 0 Å². The van der Waals surface area contributed by atoms with Gasteiger partial charge in [-0.25, -0.2) is 0 Å². The molecule has 0 spiro atoms. The number of amides is 1. The molecule has 4 unspecified atom stereocenters. The third-order valence-electron chi connectivity index (χ3n) is 3.39. The third kappa shape index (κ3) is 5.04. The van der Waals surface area contributed by atoms with Crippen LogP contribution >= 0.6 is 0 Å². The Balaban J connectivity index is 2.30. The van der Waals surface area contributed by atoms with E-state index in [2.05, 4.69) is 24.5 Å². The van der Waals surface area contributed by atoms with Gasteiger partial charge in [0.1, 0.15) is 0 Å². The van der Waals surface area contributed by atoms with Crippen molar-refractivity contribution < 1.29 is 9.53 Å². The maximum absolute atomic E-state index is 11.8. The number of hydrogen-bond acceptors (Lipinski definition) is 3. The average molecular weight is 242 g/mol. The summed E-state index contributed by atoms with van der Waals surface area (Å²) in [6.07, 6.45) is 2.75. The Morgan fingerprint density at radius 3 is 2.76 bits per heavy atom. The SMILES string of the molecule is COCC(C)CC(=O)NC1CCC(C)NC1C. The molecule has 1 rings (SSSR count). The second-order valence-corrected chi connectivity index (χ2v) is 5.37. The lowest BCUT2D eigenvalue weighted by atomic mass is 9.95. The van der Waals surface area contributed by atoms with Gasteiger partial charge in [-0.3, -0.25) is 4.79 Å². The van der Waals surface area contributed by atoms with E-state index in [0.29, 0.717) is 25.1 Å². The molecule has 2 N–H and O–H groups in total. The van der Waals surface area contributed by atoms with E-state index in [-0.39, 0.29) is 17.9 Å². The van der Waals surface area contributed by atoms with Crippen molar-refractivity contribution in [3.8, 4) is 0 Å². The molecule has 0 aliphatic carbocycles. The molecule has 100 valence electrons.